The summed E-state index contributed by atoms with van der Waals surface area (Å²) in [7, 11) is 1.42. The molecule has 0 spiro atoms. The number of rotatable bonds is 4. The summed E-state index contributed by atoms with van der Waals surface area (Å²) in [5.74, 6) is 0.717. The van der Waals surface area contributed by atoms with Gasteiger partial charge in [0, 0.05) is 26.4 Å². The van der Waals surface area contributed by atoms with Crippen molar-refractivity contribution in [3.63, 3.8) is 0 Å². The van der Waals surface area contributed by atoms with E-state index in [4.69, 9.17) is 0 Å². The lowest BCUT2D eigenvalue weighted by molar-refractivity contribution is -0.140. The van der Waals surface area contributed by atoms with E-state index >= 15 is 0 Å². The highest BCUT2D eigenvalue weighted by atomic mass is 16.5. The van der Waals surface area contributed by atoms with Crippen LogP contribution in [0.1, 0.15) is 39.0 Å². The maximum Gasteiger partial charge on any atom is 0.305 e. The van der Waals surface area contributed by atoms with Gasteiger partial charge in [-0.3, -0.25) is 9.59 Å². The van der Waals surface area contributed by atoms with Gasteiger partial charge in [0.05, 0.1) is 7.11 Å². The third-order valence-corrected chi connectivity index (χ3v) is 3.28. The highest BCUT2D eigenvalue weighted by molar-refractivity contribution is 5.73. The van der Waals surface area contributed by atoms with Crippen molar-refractivity contribution in [2.45, 2.75) is 39.0 Å². The quantitative estimate of drug-likeness (QED) is 0.685. The molecule has 1 amide bonds. The lowest BCUT2D eigenvalue weighted by Gasteiger charge is -2.31. The summed E-state index contributed by atoms with van der Waals surface area (Å²) in [5, 5.41) is 0. The first-order valence-electron chi connectivity index (χ1n) is 5.95. The molecule has 1 heterocycles. The molecule has 1 fully saturated rings. The summed E-state index contributed by atoms with van der Waals surface area (Å²) in [6.45, 7) is 3.37. The molecule has 0 saturated carbocycles. The van der Waals surface area contributed by atoms with Gasteiger partial charge in [0.15, 0.2) is 0 Å². The maximum atomic E-state index is 11.1. The molecule has 0 aromatic heterocycles. The van der Waals surface area contributed by atoms with E-state index in [1.165, 1.54) is 7.11 Å². The van der Waals surface area contributed by atoms with Gasteiger partial charge in [-0.25, -0.2) is 0 Å². The zero-order valence-electron chi connectivity index (χ0n) is 10.2. The third-order valence-electron chi connectivity index (χ3n) is 3.28. The third kappa shape index (κ3) is 4.21. The Morgan fingerprint density at radius 1 is 1.31 bits per heavy atom. The number of piperidine rings is 1. The van der Waals surface area contributed by atoms with Crippen molar-refractivity contribution in [2.75, 3.05) is 20.2 Å². The smallest absolute Gasteiger partial charge is 0.305 e. The molecule has 0 radical (unpaired) electrons. The molecule has 4 heteroatoms. The number of likely N-dealkylation sites (tertiary alicyclic amines) is 1. The van der Waals surface area contributed by atoms with Gasteiger partial charge in [-0.2, -0.15) is 0 Å². The van der Waals surface area contributed by atoms with Crippen LogP contribution in [-0.2, 0) is 14.3 Å². The Labute approximate surface area is 96.9 Å². The van der Waals surface area contributed by atoms with Gasteiger partial charge >= 0.3 is 5.97 Å². The van der Waals surface area contributed by atoms with Crippen molar-refractivity contribution in [2.24, 2.45) is 5.92 Å². The van der Waals surface area contributed by atoms with E-state index in [1.807, 2.05) is 4.90 Å². The van der Waals surface area contributed by atoms with Gasteiger partial charge < -0.3 is 9.64 Å². The van der Waals surface area contributed by atoms with Crippen LogP contribution in [-0.4, -0.2) is 37.0 Å². The van der Waals surface area contributed by atoms with E-state index in [9.17, 15) is 9.59 Å². The molecule has 4 nitrogen and oxygen atoms in total. The van der Waals surface area contributed by atoms with Crippen LogP contribution in [0.25, 0.3) is 0 Å². The number of ether oxygens (including phenoxy) is 1. The number of nitrogens with zero attached hydrogens (tertiary/aromatic N) is 1. The van der Waals surface area contributed by atoms with Crippen LogP contribution in [0.3, 0.4) is 0 Å². The molecule has 0 unspecified atom stereocenters. The van der Waals surface area contributed by atoms with Crippen LogP contribution in [0.15, 0.2) is 0 Å². The summed E-state index contributed by atoms with van der Waals surface area (Å²) >= 11 is 0. The van der Waals surface area contributed by atoms with Crippen LogP contribution in [0, 0.1) is 5.92 Å². The minimum absolute atomic E-state index is 0.124. The van der Waals surface area contributed by atoms with Crippen LogP contribution >= 0.6 is 0 Å². The van der Waals surface area contributed by atoms with Gasteiger partial charge in [0.25, 0.3) is 0 Å². The Hall–Kier alpha value is -1.06. The first kappa shape index (κ1) is 13.0. The fraction of sp³-hybridized carbons (Fsp3) is 0.833. The van der Waals surface area contributed by atoms with Crippen LogP contribution in [0.4, 0.5) is 0 Å². The average Bonchev–Trinajstić information content (AvgIpc) is 2.29. The zero-order chi connectivity index (χ0) is 12.0. The summed E-state index contributed by atoms with van der Waals surface area (Å²) < 4.78 is 4.60. The average molecular weight is 227 g/mol. The Kier molecular flexibility index (Phi) is 5.29. The predicted molar refractivity (Wildman–Crippen MR) is 60.8 cm³/mol. The first-order valence-corrected chi connectivity index (χ1v) is 5.95. The lowest BCUT2D eigenvalue weighted by atomic mass is 9.91. The molecule has 0 atom stereocenters. The van der Waals surface area contributed by atoms with Crippen LogP contribution in [0.2, 0.25) is 0 Å². The Bertz CT molecular complexity index is 245. The topological polar surface area (TPSA) is 46.6 Å². The second-order valence-corrected chi connectivity index (χ2v) is 4.42. The fourth-order valence-corrected chi connectivity index (χ4v) is 2.17. The molecular weight excluding hydrogens is 206 g/mol. The Balaban J connectivity index is 2.13. The van der Waals surface area contributed by atoms with E-state index < -0.39 is 0 Å². The van der Waals surface area contributed by atoms with Gasteiger partial charge in [-0.15, -0.1) is 0 Å². The number of carbonyl (C=O) groups excluding carboxylic acids is 2. The summed E-state index contributed by atoms with van der Waals surface area (Å²) in [5.41, 5.74) is 0. The number of hydrogen-bond acceptors (Lipinski definition) is 3. The van der Waals surface area contributed by atoms with Crippen molar-refractivity contribution in [3.05, 3.63) is 0 Å². The second-order valence-electron chi connectivity index (χ2n) is 4.42. The number of carbonyl (C=O) groups is 2. The van der Waals surface area contributed by atoms with Gasteiger partial charge in [0.2, 0.25) is 5.91 Å². The lowest BCUT2D eigenvalue weighted by Crippen LogP contribution is -2.36. The standard InChI is InChI=1S/C12H21NO3/c1-10(14)13-8-6-11(7-9-13)4-3-5-12(15)16-2/h11H,3-9H2,1-2H3. The number of methoxy groups -OCH3 is 1. The van der Waals surface area contributed by atoms with Gasteiger partial charge in [0.1, 0.15) is 0 Å². The van der Waals surface area contributed by atoms with Gasteiger partial charge in [-0.1, -0.05) is 0 Å². The van der Waals surface area contributed by atoms with E-state index in [0.717, 1.165) is 38.8 Å². The van der Waals surface area contributed by atoms with Crippen molar-refractivity contribution in [1.29, 1.82) is 0 Å². The van der Waals surface area contributed by atoms with Gasteiger partial charge in [-0.05, 0) is 31.6 Å². The normalized spacial score (nSPS) is 17.2. The molecule has 0 aliphatic carbocycles. The first-order chi connectivity index (χ1) is 7.63. The predicted octanol–water partition coefficient (Wildman–Crippen LogP) is 1.59. The SMILES string of the molecule is COC(=O)CCCC1CCN(C(C)=O)CC1. The van der Waals surface area contributed by atoms with E-state index in [1.54, 1.807) is 6.92 Å². The molecule has 0 aromatic rings. The molecule has 1 saturated heterocycles. The molecule has 1 aliphatic rings. The summed E-state index contributed by atoms with van der Waals surface area (Å²) in [4.78, 5) is 23.9. The van der Waals surface area contributed by atoms with Crippen molar-refractivity contribution >= 4 is 11.9 Å². The molecule has 1 aliphatic heterocycles. The molecule has 16 heavy (non-hydrogen) atoms. The molecule has 1 rings (SSSR count). The number of hydrogen-bond donors (Lipinski definition) is 0. The molecule has 0 N–H and O–H groups in total. The van der Waals surface area contributed by atoms with Crippen molar-refractivity contribution in [1.82, 2.24) is 4.90 Å². The Morgan fingerprint density at radius 2 is 1.94 bits per heavy atom. The monoisotopic (exact) mass is 227 g/mol. The molecule has 0 bridgehead atoms. The van der Waals surface area contributed by atoms with Crippen molar-refractivity contribution < 1.29 is 14.3 Å². The van der Waals surface area contributed by atoms with E-state index in [2.05, 4.69) is 4.74 Å². The fourth-order valence-electron chi connectivity index (χ4n) is 2.17. The molecular formula is C12H21NO3. The summed E-state index contributed by atoms with van der Waals surface area (Å²) in [6, 6.07) is 0. The largest absolute Gasteiger partial charge is 0.469 e. The zero-order valence-corrected chi connectivity index (χ0v) is 10.2. The highest BCUT2D eigenvalue weighted by Crippen LogP contribution is 2.22. The Morgan fingerprint density at radius 3 is 2.44 bits per heavy atom. The minimum Gasteiger partial charge on any atom is -0.469 e. The van der Waals surface area contributed by atoms with E-state index in [0.29, 0.717) is 12.3 Å². The van der Waals surface area contributed by atoms with Crippen LogP contribution < -0.4 is 0 Å². The molecule has 0 aromatic carbocycles. The van der Waals surface area contributed by atoms with Crippen molar-refractivity contribution in [3.8, 4) is 0 Å². The highest BCUT2D eigenvalue weighted by Gasteiger charge is 2.20. The second kappa shape index (κ2) is 6.51. The summed E-state index contributed by atoms with van der Waals surface area (Å²) in [6.07, 6.45) is 4.63. The molecule has 92 valence electrons. The minimum atomic E-state index is -0.124. The number of amides is 1. The van der Waals surface area contributed by atoms with E-state index in [-0.39, 0.29) is 11.9 Å². The van der Waals surface area contributed by atoms with Crippen LogP contribution in [0.5, 0.6) is 0 Å². The maximum absolute atomic E-state index is 11.1. The number of esters is 1.